The van der Waals surface area contributed by atoms with Gasteiger partial charge in [0.1, 0.15) is 5.69 Å². The van der Waals surface area contributed by atoms with Gasteiger partial charge in [0.15, 0.2) is 0 Å². The van der Waals surface area contributed by atoms with Crippen LogP contribution in [0.1, 0.15) is 22.6 Å². The predicted octanol–water partition coefficient (Wildman–Crippen LogP) is 0.983. The summed E-state index contributed by atoms with van der Waals surface area (Å²) in [5, 5.41) is 11.2. The number of hydrogen-bond donors (Lipinski definition) is 3. The molecule has 0 aliphatic heterocycles. The number of aromatic nitrogens is 1. The van der Waals surface area contributed by atoms with Crippen LogP contribution in [-0.4, -0.2) is 22.0 Å². The lowest BCUT2D eigenvalue weighted by Gasteiger charge is -2.00. The van der Waals surface area contributed by atoms with Crippen LogP contribution in [0.15, 0.2) is 6.07 Å². The Kier molecular flexibility index (Phi) is 3.13. The molecule has 1 aromatic rings. The van der Waals surface area contributed by atoms with E-state index in [0.717, 1.165) is 0 Å². The van der Waals surface area contributed by atoms with Crippen LogP contribution in [0.4, 0.5) is 5.69 Å². The molecule has 0 aromatic carbocycles. The number of carbonyl (C=O) groups is 2. The van der Waals surface area contributed by atoms with Crippen LogP contribution in [0.25, 0.3) is 0 Å². The molecule has 15 heavy (non-hydrogen) atoms. The highest BCUT2D eigenvalue weighted by Gasteiger charge is 2.14. The minimum atomic E-state index is -1.13. The van der Waals surface area contributed by atoms with Crippen molar-refractivity contribution in [3.8, 4) is 12.3 Å². The molecule has 0 spiro atoms. The molecule has 0 radical (unpaired) electrons. The number of aryl methyl sites for hydroxylation is 1. The maximum absolute atomic E-state index is 11.1. The van der Waals surface area contributed by atoms with Crippen molar-refractivity contribution in [1.29, 1.82) is 0 Å². The highest BCUT2D eigenvalue weighted by molar-refractivity contribution is 6.00. The maximum atomic E-state index is 11.1. The van der Waals surface area contributed by atoms with E-state index >= 15 is 0 Å². The van der Waals surface area contributed by atoms with E-state index in [1.54, 1.807) is 6.92 Å². The number of nitrogens with one attached hydrogen (secondary N) is 2. The number of aromatic carboxylic acids is 1. The summed E-state index contributed by atoms with van der Waals surface area (Å²) in [5.41, 5.74) is 0.849. The van der Waals surface area contributed by atoms with Crippen molar-refractivity contribution in [2.45, 2.75) is 13.3 Å². The van der Waals surface area contributed by atoms with Gasteiger partial charge < -0.3 is 15.4 Å². The van der Waals surface area contributed by atoms with Crippen LogP contribution in [-0.2, 0) is 4.79 Å². The SMILES string of the molecule is C#CCC(=O)Nc1cc(C)[nH]c1C(=O)O. The van der Waals surface area contributed by atoms with Gasteiger partial charge in [-0.3, -0.25) is 4.79 Å². The number of carboxylic acid groups (broad SMARTS) is 1. The summed E-state index contributed by atoms with van der Waals surface area (Å²) in [6.45, 7) is 1.70. The van der Waals surface area contributed by atoms with Gasteiger partial charge in [-0.25, -0.2) is 4.79 Å². The summed E-state index contributed by atoms with van der Waals surface area (Å²) in [6.07, 6.45) is 4.87. The Morgan fingerprint density at radius 3 is 2.87 bits per heavy atom. The lowest BCUT2D eigenvalue weighted by molar-refractivity contribution is -0.115. The van der Waals surface area contributed by atoms with Gasteiger partial charge in [-0.2, -0.15) is 0 Å². The first-order valence-electron chi connectivity index (χ1n) is 4.20. The van der Waals surface area contributed by atoms with E-state index in [-0.39, 0.29) is 17.8 Å². The van der Waals surface area contributed by atoms with Crippen LogP contribution in [0, 0.1) is 19.3 Å². The average molecular weight is 206 g/mol. The first-order chi connectivity index (χ1) is 7.04. The number of carboxylic acids is 1. The van der Waals surface area contributed by atoms with Crippen molar-refractivity contribution >= 4 is 17.6 Å². The van der Waals surface area contributed by atoms with Gasteiger partial charge in [-0.1, -0.05) is 5.92 Å². The third-order valence-corrected chi connectivity index (χ3v) is 1.70. The monoisotopic (exact) mass is 206 g/mol. The van der Waals surface area contributed by atoms with Gasteiger partial charge in [-0.05, 0) is 13.0 Å². The number of rotatable bonds is 3. The van der Waals surface area contributed by atoms with Gasteiger partial charge in [-0.15, -0.1) is 6.42 Å². The van der Waals surface area contributed by atoms with Crippen LogP contribution in [0.5, 0.6) is 0 Å². The summed E-state index contributed by atoms with van der Waals surface area (Å²) in [5.74, 6) is 0.644. The van der Waals surface area contributed by atoms with Crippen LogP contribution >= 0.6 is 0 Å². The largest absolute Gasteiger partial charge is 0.477 e. The maximum Gasteiger partial charge on any atom is 0.354 e. The summed E-state index contributed by atoms with van der Waals surface area (Å²) >= 11 is 0. The summed E-state index contributed by atoms with van der Waals surface area (Å²) in [6, 6.07) is 1.54. The highest BCUT2D eigenvalue weighted by atomic mass is 16.4. The molecule has 1 amide bonds. The zero-order valence-electron chi connectivity index (χ0n) is 8.13. The van der Waals surface area contributed by atoms with Gasteiger partial charge in [0.2, 0.25) is 5.91 Å². The Morgan fingerprint density at radius 2 is 2.33 bits per heavy atom. The standard InChI is InChI=1S/C10H10N2O3/c1-3-4-8(13)12-7-5-6(2)11-9(7)10(14)15/h1,5,11H,4H2,2H3,(H,12,13)(H,14,15). The lowest BCUT2D eigenvalue weighted by atomic mass is 10.3. The van der Waals surface area contributed by atoms with E-state index < -0.39 is 11.9 Å². The molecular formula is C10H10N2O3. The summed E-state index contributed by atoms with van der Waals surface area (Å²) < 4.78 is 0. The van der Waals surface area contributed by atoms with Crippen LogP contribution < -0.4 is 5.32 Å². The predicted molar refractivity (Wildman–Crippen MR) is 54.6 cm³/mol. The highest BCUT2D eigenvalue weighted by Crippen LogP contribution is 2.16. The van der Waals surface area contributed by atoms with Crippen LogP contribution in [0.3, 0.4) is 0 Å². The molecule has 78 valence electrons. The van der Waals surface area contributed by atoms with Gasteiger partial charge in [0, 0.05) is 5.69 Å². The summed E-state index contributed by atoms with van der Waals surface area (Å²) in [7, 11) is 0. The molecule has 1 heterocycles. The molecule has 0 aliphatic rings. The molecule has 5 heteroatoms. The number of terminal acetylenes is 1. The second-order valence-electron chi connectivity index (χ2n) is 2.98. The fourth-order valence-electron chi connectivity index (χ4n) is 1.14. The van der Waals surface area contributed by atoms with Gasteiger partial charge >= 0.3 is 5.97 Å². The third-order valence-electron chi connectivity index (χ3n) is 1.70. The molecule has 1 aromatic heterocycles. The Balaban J connectivity index is 2.90. The number of H-pyrrole nitrogens is 1. The molecule has 0 unspecified atom stereocenters. The second-order valence-corrected chi connectivity index (χ2v) is 2.98. The molecule has 5 nitrogen and oxygen atoms in total. The van der Waals surface area contributed by atoms with E-state index in [2.05, 4.69) is 16.2 Å². The average Bonchev–Trinajstić information content (AvgIpc) is 2.47. The minimum Gasteiger partial charge on any atom is -0.477 e. The normalized spacial score (nSPS) is 9.33. The smallest absolute Gasteiger partial charge is 0.354 e. The molecule has 0 aliphatic carbocycles. The molecule has 3 N–H and O–H groups in total. The molecule has 1 rings (SSSR count). The Bertz CT molecular complexity index is 440. The minimum absolute atomic E-state index is 0.0436. The first kappa shape index (κ1) is 10.9. The third kappa shape index (κ3) is 2.61. The zero-order chi connectivity index (χ0) is 11.4. The van der Waals surface area contributed by atoms with E-state index in [4.69, 9.17) is 11.5 Å². The van der Waals surface area contributed by atoms with E-state index in [9.17, 15) is 9.59 Å². The van der Waals surface area contributed by atoms with Crippen molar-refractivity contribution in [1.82, 2.24) is 4.98 Å². The molecule has 0 saturated heterocycles. The van der Waals surface area contributed by atoms with E-state index in [1.165, 1.54) is 6.07 Å². The van der Waals surface area contributed by atoms with Crippen molar-refractivity contribution < 1.29 is 14.7 Å². The van der Waals surface area contributed by atoms with E-state index in [1.807, 2.05) is 0 Å². The number of amides is 1. The fourth-order valence-corrected chi connectivity index (χ4v) is 1.14. The van der Waals surface area contributed by atoms with E-state index in [0.29, 0.717) is 5.69 Å². The lowest BCUT2D eigenvalue weighted by Crippen LogP contribution is -2.12. The second kappa shape index (κ2) is 4.33. The summed E-state index contributed by atoms with van der Waals surface area (Å²) in [4.78, 5) is 24.5. The number of carbonyl (C=O) groups excluding carboxylic acids is 1. The van der Waals surface area contributed by atoms with Crippen molar-refractivity contribution in [3.05, 3.63) is 17.5 Å². The Labute approximate surface area is 86.5 Å². The fraction of sp³-hybridized carbons (Fsp3) is 0.200. The first-order valence-corrected chi connectivity index (χ1v) is 4.20. The van der Waals surface area contributed by atoms with Gasteiger partial charge in [0.05, 0.1) is 12.1 Å². The zero-order valence-corrected chi connectivity index (χ0v) is 8.13. The van der Waals surface area contributed by atoms with Crippen LogP contribution in [0.2, 0.25) is 0 Å². The molecule has 0 fully saturated rings. The topological polar surface area (TPSA) is 82.2 Å². The molecular weight excluding hydrogens is 196 g/mol. The van der Waals surface area contributed by atoms with Gasteiger partial charge in [0.25, 0.3) is 0 Å². The molecule has 0 atom stereocenters. The number of hydrogen-bond acceptors (Lipinski definition) is 2. The Morgan fingerprint density at radius 1 is 1.67 bits per heavy atom. The number of aromatic amines is 1. The molecule has 0 saturated carbocycles. The van der Waals surface area contributed by atoms with Crippen molar-refractivity contribution in [3.63, 3.8) is 0 Å². The molecule has 0 bridgehead atoms. The van der Waals surface area contributed by atoms with Crippen molar-refractivity contribution in [2.24, 2.45) is 0 Å². The Hall–Kier alpha value is -2.22. The quantitative estimate of drug-likeness (QED) is 0.645. The number of anilines is 1. The van der Waals surface area contributed by atoms with Crippen molar-refractivity contribution in [2.75, 3.05) is 5.32 Å².